The van der Waals surface area contributed by atoms with Crippen molar-refractivity contribution in [1.82, 2.24) is 4.98 Å². The summed E-state index contributed by atoms with van der Waals surface area (Å²) in [6.45, 7) is 4.59. The van der Waals surface area contributed by atoms with Crippen molar-refractivity contribution in [2.24, 2.45) is 0 Å². The predicted octanol–water partition coefficient (Wildman–Crippen LogP) is 8.01. The fourth-order valence-corrected chi connectivity index (χ4v) is 5.06. The van der Waals surface area contributed by atoms with Crippen LogP contribution in [0.2, 0.25) is 0 Å². The first-order valence-electron chi connectivity index (χ1n) is 10.9. The van der Waals surface area contributed by atoms with Gasteiger partial charge in [0, 0.05) is 16.4 Å². The Morgan fingerprint density at radius 1 is 0.625 bits per heavy atom. The van der Waals surface area contributed by atoms with E-state index in [1.807, 2.05) is 24.3 Å². The molecule has 0 unspecified atom stereocenters. The number of aromatic nitrogens is 1. The van der Waals surface area contributed by atoms with E-state index in [4.69, 9.17) is 4.98 Å². The smallest absolute Gasteiger partial charge is 0.123 e. The average molecular weight is 416 g/mol. The van der Waals surface area contributed by atoms with E-state index in [0.29, 0.717) is 0 Å². The third kappa shape index (κ3) is 2.80. The second-order valence-electron chi connectivity index (χ2n) is 9.01. The summed E-state index contributed by atoms with van der Waals surface area (Å²) in [6.07, 6.45) is 0. The molecule has 0 atom stereocenters. The van der Waals surface area contributed by atoms with E-state index in [9.17, 15) is 4.39 Å². The van der Waals surface area contributed by atoms with E-state index >= 15 is 0 Å². The van der Waals surface area contributed by atoms with Crippen molar-refractivity contribution >= 4 is 10.9 Å². The molecule has 5 aromatic rings. The van der Waals surface area contributed by atoms with Gasteiger partial charge in [0.25, 0.3) is 0 Å². The first-order chi connectivity index (χ1) is 15.5. The van der Waals surface area contributed by atoms with Crippen LogP contribution < -0.4 is 0 Å². The summed E-state index contributed by atoms with van der Waals surface area (Å²) >= 11 is 0. The molecule has 2 heteroatoms. The number of halogens is 1. The largest absolute Gasteiger partial charge is 0.248 e. The lowest BCUT2D eigenvalue weighted by Gasteiger charge is -2.21. The molecule has 1 aliphatic carbocycles. The van der Waals surface area contributed by atoms with Gasteiger partial charge in [-0.05, 0) is 63.7 Å². The molecular formula is C30H22FN. The minimum Gasteiger partial charge on any atom is -0.248 e. The van der Waals surface area contributed by atoms with Crippen LogP contribution in [0.4, 0.5) is 4.39 Å². The predicted molar refractivity (Wildman–Crippen MR) is 130 cm³/mol. The zero-order valence-electron chi connectivity index (χ0n) is 18.1. The van der Waals surface area contributed by atoms with Crippen molar-refractivity contribution in [1.29, 1.82) is 0 Å². The van der Waals surface area contributed by atoms with Gasteiger partial charge < -0.3 is 0 Å². The summed E-state index contributed by atoms with van der Waals surface area (Å²) < 4.78 is 13.4. The van der Waals surface area contributed by atoms with E-state index in [1.54, 1.807) is 0 Å². The second-order valence-corrected chi connectivity index (χ2v) is 9.01. The van der Waals surface area contributed by atoms with E-state index in [-0.39, 0.29) is 11.2 Å². The van der Waals surface area contributed by atoms with Crippen LogP contribution >= 0.6 is 0 Å². The molecule has 154 valence electrons. The molecule has 32 heavy (non-hydrogen) atoms. The maximum absolute atomic E-state index is 13.4. The molecule has 0 aliphatic heterocycles. The van der Waals surface area contributed by atoms with Gasteiger partial charge in [-0.3, -0.25) is 0 Å². The Labute approximate surface area is 187 Å². The summed E-state index contributed by atoms with van der Waals surface area (Å²) in [5.41, 5.74) is 10.4. The van der Waals surface area contributed by atoms with Crippen LogP contribution in [0.1, 0.15) is 25.0 Å². The van der Waals surface area contributed by atoms with Gasteiger partial charge in [0.2, 0.25) is 0 Å². The Bertz CT molecular complexity index is 1500. The standard InChI is InChI=1S/C30H22FN/c1-30(2)26-8-4-3-6-23(26)24-15-12-20(18-27(24)30)28-17-16-25-22(7-5-9-29(25)32-28)19-10-13-21(31)14-11-19/h3-18H,1-2H3. The SMILES string of the molecule is CC1(C)c2ccccc2-c2ccc(-c3ccc4c(-c5ccc(F)cc5)cccc4n3)cc21. The minimum absolute atomic E-state index is 0.0332. The molecule has 0 saturated heterocycles. The van der Waals surface area contributed by atoms with Crippen LogP contribution in [-0.4, -0.2) is 4.98 Å². The van der Waals surface area contributed by atoms with Gasteiger partial charge in [0.1, 0.15) is 5.82 Å². The molecule has 0 spiro atoms. The summed E-state index contributed by atoms with van der Waals surface area (Å²) in [6, 6.07) is 32.4. The van der Waals surface area contributed by atoms with Gasteiger partial charge in [-0.1, -0.05) is 80.6 Å². The van der Waals surface area contributed by atoms with Crippen molar-refractivity contribution in [3.05, 3.63) is 114 Å². The lowest BCUT2D eigenvalue weighted by molar-refractivity contribution is 0.628. The fourth-order valence-electron chi connectivity index (χ4n) is 5.06. The zero-order chi connectivity index (χ0) is 21.9. The Morgan fingerprint density at radius 2 is 1.34 bits per heavy atom. The summed E-state index contributed by atoms with van der Waals surface area (Å²) in [7, 11) is 0. The van der Waals surface area contributed by atoms with Crippen molar-refractivity contribution in [2.45, 2.75) is 19.3 Å². The van der Waals surface area contributed by atoms with Crippen LogP contribution in [0.5, 0.6) is 0 Å². The van der Waals surface area contributed by atoms with E-state index in [1.165, 1.54) is 34.4 Å². The van der Waals surface area contributed by atoms with Gasteiger partial charge in [-0.15, -0.1) is 0 Å². The molecule has 0 bridgehead atoms. The topological polar surface area (TPSA) is 12.9 Å². The molecule has 0 fully saturated rings. The molecule has 0 N–H and O–H groups in total. The highest BCUT2D eigenvalue weighted by molar-refractivity contribution is 5.95. The normalized spacial score (nSPS) is 13.7. The Balaban J connectivity index is 1.46. The van der Waals surface area contributed by atoms with Crippen LogP contribution in [0.3, 0.4) is 0 Å². The fraction of sp³-hybridized carbons (Fsp3) is 0.100. The molecule has 1 nitrogen and oxygen atoms in total. The number of benzene rings is 4. The Morgan fingerprint density at radius 3 is 2.19 bits per heavy atom. The number of hydrogen-bond acceptors (Lipinski definition) is 1. The number of nitrogens with zero attached hydrogens (tertiary/aromatic N) is 1. The number of hydrogen-bond donors (Lipinski definition) is 0. The van der Waals surface area contributed by atoms with Gasteiger partial charge in [-0.25, -0.2) is 9.37 Å². The maximum atomic E-state index is 13.4. The Kier molecular flexibility index (Phi) is 4.06. The lowest BCUT2D eigenvalue weighted by Crippen LogP contribution is -2.14. The highest BCUT2D eigenvalue weighted by atomic mass is 19.1. The van der Waals surface area contributed by atoms with Gasteiger partial charge in [-0.2, -0.15) is 0 Å². The Hall–Kier alpha value is -3.78. The lowest BCUT2D eigenvalue weighted by atomic mass is 9.82. The average Bonchev–Trinajstić information content (AvgIpc) is 3.06. The molecular weight excluding hydrogens is 393 g/mol. The summed E-state index contributed by atoms with van der Waals surface area (Å²) in [4.78, 5) is 5.00. The van der Waals surface area contributed by atoms with Crippen molar-refractivity contribution in [2.75, 3.05) is 0 Å². The monoisotopic (exact) mass is 415 g/mol. The number of fused-ring (bicyclic) bond motifs is 4. The number of rotatable bonds is 2. The quantitative estimate of drug-likeness (QED) is 0.284. The summed E-state index contributed by atoms with van der Waals surface area (Å²) in [5, 5.41) is 1.07. The van der Waals surface area contributed by atoms with Gasteiger partial charge in [0.05, 0.1) is 11.2 Å². The van der Waals surface area contributed by atoms with Crippen LogP contribution in [0, 0.1) is 5.82 Å². The summed E-state index contributed by atoms with van der Waals surface area (Å²) in [5.74, 6) is -0.226. The molecule has 6 rings (SSSR count). The first-order valence-corrected chi connectivity index (χ1v) is 10.9. The highest BCUT2D eigenvalue weighted by Gasteiger charge is 2.35. The highest BCUT2D eigenvalue weighted by Crippen LogP contribution is 2.49. The van der Waals surface area contributed by atoms with E-state index < -0.39 is 0 Å². The number of pyridine rings is 1. The van der Waals surface area contributed by atoms with Gasteiger partial charge >= 0.3 is 0 Å². The first kappa shape index (κ1) is 18.9. The molecule has 1 heterocycles. The van der Waals surface area contributed by atoms with Crippen LogP contribution in [-0.2, 0) is 5.41 Å². The maximum Gasteiger partial charge on any atom is 0.123 e. The molecule has 0 radical (unpaired) electrons. The van der Waals surface area contributed by atoms with Crippen molar-refractivity contribution < 1.29 is 4.39 Å². The van der Waals surface area contributed by atoms with Crippen LogP contribution in [0.15, 0.2) is 97.1 Å². The third-order valence-electron chi connectivity index (χ3n) is 6.77. The zero-order valence-corrected chi connectivity index (χ0v) is 18.1. The molecule has 0 saturated carbocycles. The van der Waals surface area contributed by atoms with E-state index in [2.05, 4.69) is 74.5 Å². The molecule has 0 amide bonds. The van der Waals surface area contributed by atoms with Crippen molar-refractivity contribution in [3.63, 3.8) is 0 Å². The second kappa shape index (κ2) is 6.86. The minimum atomic E-state index is -0.226. The van der Waals surface area contributed by atoms with Gasteiger partial charge in [0.15, 0.2) is 0 Å². The van der Waals surface area contributed by atoms with Crippen molar-refractivity contribution in [3.8, 4) is 33.5 Å². The molecule has 4 aromatic carbocycles. The van der Waals surface area contributed by atoms with Crippen LogP contribution in [0.25, 0.3) is 44.4 Å². The van der Waals surface area contributed by atoms with E-state index in [0.717, 1.165) is 33.3 Å². The molecule has 1 aliphatic rings. The third-order valence-corrected chi connectivity index (χ3v) is 6.77. The molecule has 1 aromatic heterocycles.